The molecule has 0 bridgehead atoms. The lowest BCUT2D eigenvalue weighted by Gasteiger charge is -2.22. The molecule has 22 heavy (non-hydrogen) atoms. The molecular weight excluding hydrogens is 344 g/mol. The number of aryl methyl sites for hydroxylation is 1. The fourth-order valence-electron chi connectivity index (χ4n) is 2.70. The van der Waals surface area contributed by atoms with Crippen LogP contribution in [0.15, 0.2) is 34.8 Å². The summed E-state index contributed by atoms with van der Waals surface area (Å²) in [4.78, 5) is 12.4. The van der Waals surface area contributed by atoms with Crippen LogP contribution in [0, 0.1) is 12.8 Å². The molecule has 1 aliphatic rings. The van der Waals surface area contributed by atoms with Gasteiger partial charge in [-0.15, -0.1) is 0 Å². The summed E-state index contributed by atoms with van der Waals surface area (Å²) in [5.41, 5.74) is 1.79. The van der Waals surface area contributed by atoms with Gasteiger partial charge in [0.05, 0.1) is 17.3 Å². The molecule has 1 saturated heterocycles. The lowest BCUT2D eigenvalue weighted by Crippen LogP contribution is -2.37. The Morgan fingerprint density at radius 3 is 3.05 bits per heavy atom. The Bertz CT molecular complexity index is 677. The van der Waals surface area contributed by atoms with Gasteiger partial charge in [-0.05, 0) is 44.5 Å². The predicted molar refractivity (Wildman–Crippen MR) is 90.2 cm³/mol. The summed E-state index contributed by atoms with van der Waals surface area (Å²) in [5.74, 6) is 0.800. The van der Waals surface area contributed by atoms with Crippen molar-refractivity contribution in [3.05, 3.63) is 40.5 Å². The van der Waals surface area contributed by atoms with E-state index in [1.165, 1.54) is 0 Å². The zero-order valence-electron chi connectivity index (χ0n) is 12.5. The maximum atomic E-state index is 12.4. The van der Waals surface area contributed by atoms with E-state index in [2.05, 4.69) is 31.7 Å². The Hall–Kier alpha value is -1.66. The molecule has 2 aromatic rings. The van der Waals surface area contributed by atoms with Crippen molar-refractivity contribution in [2.24, 2.45) is 5.92 Å². The molecule has 116 valence electrons. The van der Waals surface area contributed by atoms with Gasteiger partial charge in [0, 0.05) is 17.1 Å². The summed E-state index contributed by atoms with van der Waals surface area (Å²) in [6.07, 6.45) is 1.98. The van der Waals surface area contributed by atoms with E-state index in [1.54, 1.807) is 4.68 Å². The van der Waals surface area contributed by atoms with Gasteiger partial charge in [-0.25, -0.2) is 4.68 Å². The Balaban J connectivity index is 1.83. The van der Waals surface area contributed by atoms with E-state index in [9.17, 15) is 4.79 Å². The van der Waals surface area contributed by atoms with E-state index < -0.39 is 0 Å². The Labute approximate surface area is 138 Å². The van der Waals surface area contributed by atoms with Crippen LogP contribution in [0.3, 0.4) is 0 Å². The quantitative estimate of drug-likeness (QED) is 0.882. The second-order valence-corrected chi connectivity index (χ2v) is 6.51. The first-order valence-corrected chi connectivity index (χ1v) is 8.27. The minimum atomic E-state index is 0.0277. The lowest BCUT2D eigenvalue weighted by atomic mass is 9.99. The number of benzene rings is 1. The molecule has 6 heteroatoms. The number of piperidine rings is 1. The van der Waals surface area contributed by atoms with Crippen molar-refractivity contribution in [1.29, 1.82) is 0 Å². The van der Waals surface area contributed by atoms with E-state index in [0.29, 0.717) is 5.82 Å². The molecule has 1 amide bonds. The number of hydrogen-bond donors (Lipinski definition) is 2. The fraction of sp³-hybridized carbons (Fsp3) is 0.375. The van der Waals surface area contributed by atoms with Crippen molar-refractivity contribution in [2.75, 3.05) is 18.4 Å². The number of hydrogen-bond acceptors (Lipinski definition) is 3. The zero-order valence-corrected chi connectivity index (χ0v) is 14.1. The molecule has 1 unspecified atom stereocenters. The lowest BCUT2D eigenvalue weighted by molar-refractivity contribution is -0.120. The molecule has 3 rings (SSSR count). The van der Waals surface area contributed by atoms with Crippen LogP contribution in [0.25, 0.3) is 5.69 Å². The fourth-order valence-corrected chi connectivity index (χ4v) is 3.08. The van der Waals surface area contributed by atoms with Gasteiger partial charge in [0.1, 0.15) is 5.82 Å². The average Bonchev–Trinajstić information content (AvgIpc) is 2.89. The summed E-state index contributed by atoms with van der Waals surface area (Å²) >= 11 is 3.47. The first kappa shape index (κ1) is 15.2. The van der Waals surface area contributed by atoms with Gasteiger partial charge in [-0.2, -0.15) is 5.10 Å². The third-order valence-electron chi connectivity index (χ3n) is 3.80. The van der Waals surface area contributed by atoms with E-state index >= 15 is 0 Å². The maximum absolute atomic E-state index is 12.4. The molecule has 0 radical (unpaired) electrons. The molecule has 1 aromatic heterocycles. The van der Waals surface area contributed by atoms with Crippen LogP contribution in [0.1, 0.15) is 18.5 Å². The number of nitrogens with zero attached hydrogens (tertiary/aromatic N) is 2. The van der Waals surface area contributed by atoms with E-state index in [1.807, 2.05) is 37.3 Å². The highest BCUT2D eigenvalue weighted by Crippen LogP contribution is 2.21. The van der Waals surface area contributed by atoms with Crippen LogP contribution in [-0.4, -0.2) is 28.8 Å². The van der Waals surface area contributed by atoms with E-state index in [-0.39, 0.29) is 11.8 Å². The number of rotatable bonds is 3. The number of nitrogens with one attached hydrogen (secondary N) is 2. The zero-order chi connectivity index (χ0) is 15.5. The normalized spacial score (nSPS) is 18.2. The number of amides is 1. The van der Waals surface area contributed by atoms with Crippen LogP contribution in [0.5, 0.6) is 0 Å². The topological polar surface area (TPSA) is 59.0 Å². The highest BCUT2D eigenvalue weighted by atomic mass is 79.9. The minimum absolute atomic E-state index is 0.0277. The molecule has 2 heterocycles. The van der Waals surface area contributed by atoms with Gasteiger partial charge >= 0.3 is 0 Å². The van der Waals surface area contributed by atoms with Crippen molar-refractivity contribution in [3.8, 4) is 5.69 Å². The molecule has 5 nitrogen and oxygen atoms in total. The van der Waals surface area contributed by atoms with E-state index in [4.69, 9.17) is 0 Å². The molecule has 1 fully saturated rings. The number of halogens is 1. The Morgan fingerprint density at radius 2 is 2.32 bits per heavy atom. The van der Waals surface area contributed by atoms with Crippen LogP contribution in [0.2, 0.25) is 0 Å². The standard InChI is InChI=1S/C16H19BrN4O/c1-11-8-15(19-16(22)12-4-3-7-18-10-12)21(20-11)14-6-2-5-13(17)9-14/h2,5-6,8-9,12,18H,3-4,7,10H2,1H3,(H,19,22). The van der Waals surface area contributed by atoms with Gasteiger partial charge in [-0.3, -0.25) is 4.79 Å². The second kappa shape index (κ2) is 6.62. The number of carbonyl (C=O) groups is 1. The monoisotopic (exact) mass is 362 g/mol. The highest BCUT2D eigenvalue weighted by molar-refractivity contribution is 9.10. The largest absolute Gasteiger partial charge is 0.316 e. The summed E-state index contributed by atoms with van der Waals surface area (Å²) < 4.78 is 2.75. The molecule has 0 aliphatic carbocycles. The van der Waals surface area contributed by atoms with Crippen molar-refractivity contribution < 1.29 is 4.79 Å². The molecule has 1 aromatic carbocycles. The van der Waals surface area contributed by atoms with Gasteiger partial charge < -0.3 is 10.6 Å². The van der Waals surface area contributed by atoms with Crippen molar-refractivity contribution >= 4 is 27.7 Å². The molecule has 0 saturated carbocycles. The van der Waals surface area contributed by atoms with Gasteiger partial charge in [0.2, 0.25) is 5.91 Å². The summed E-state index contributed by atoms with van der Waals surface area (Å²) in [5, 5.41) is 10.8. The highest BCUT2D eigenvalue weighted by Gasteiger charge is 2.22. The Kier molecular flexibility index (Phi) is 4.59. The van der Waals surface area contributed by atoms with Crippen molar-refractivity contribution in [2.45, 2.75) is 19.8 Å². The third kappa shape index (κ3) is 3.39. The van der Waals surface area contributed by atoms with E-state index in [0.717, 1.165) is 41.8 Å². The van der Waals surface area contributed by atoms with Crippen molar-refractivity contribution in [3.63, 3.8) is 0 Å². The van der Waals surface area contributed by atoms with Gasteiger partial charge in [0.15, 0.2) is 0 Å². The summed E-state index contributed by atoms with van der Waals surface area (Å²) in [6, 6.07) is 9.76. The van der Waals surface area contributed by atoms with Crippen molar-refractivity contribution in [1.82, 2.24) is 15.1 Å². The Morgan fingerprint density at radius 1 is 1.45 bits per heavy atom. The molecule has 1 atom stereocenters. The summed E-state index contributed by atoms with van der Waals surface area (Å²) in [6.45, 7) is 3.67. The first-order valence-electron chi connectivity index (χ1n) is 7.47. The predicted octanol–water partition coefficient (Wildman–Crippen LogP) is 2.88. The van der Waals surface area contributed by atoms with Crippen LogP contribution < -0.4 is 10.6 Å². The number of carbonyl (C=O) groups excluding carboxylic acids is 1. The molecule has 2 N–H and O–H groups in total. The van der Waals surface area contributed by atoms with Crippen LogP contribution in [-0.2, 0) is 4.79 Å². The van der Waals surface area contributed by atoms with Gasteiger partial charge in [0.25, 0.3) is 0 Å². The maximum Gasteiger partial charge on any atom is 0.229 e. The van der Waals surface area contributed by atoms with Crippen LogP contribution >= 0.6 is 15.9 Å². The smallest absolute Gasteiger partial charge is 0.229 e. The first-order chi connectivity index (χ1) is 10.6. The SMILES string of the molecule is Cc1cc(NC(=O)C2CCCNC2)n(-c2cccc(Br)c2)n1. The summed E-state index contributed by atoms with van der Waals surface area (Å²) in [7, 11) is 0. The molecule has 1 aliphatic heterocycles. The molecular formula is C16H19BrN4O. The minimum Gasteiger partial charge on any atom is -0.316 e. The van der Waals surface area contributed by atoms with Crippen LogP contribution in [0.4, 0.5) is 5.82 Å². The number of aromatic nitrogens is 2. The molecule has 0 spiro atoms. The second-order valence-electron chi connectivity index (χ2n) is 5.60. The third-order valence-corrected chi connectivity index (χ3v) is 4.30. The number of anilines is 1. The average molecular weight is 363 g/mol. The van der Waals surface area contributed by atoms with Gasteiger partial charge in [-0.1, -0.05) is 22.0 Å².